The van der Waals surface area contributed by atoms with Gasteiger partial charge >= 0.3 is 12.5 Å². The number of carbonyl (C=O) groups is 1. The molecular weight excluding hydrogens is 399 g/mol. The predicted molar refractivity (Wildman–Crippen MR) is 96.7 cm³/mol. The van der Waals surface area contributed by atoms with Crippen LogP contribution in [0, 0.1) is 5.41 Å². The first-order valence-electron chi connectivity index (χ1n) is 8.28. The molecule has 9 heteroatoms. The molecule has 1 aliphatic rings. The lowest BCUT2D eigenvalue weighted by Gasteiger charge is -2.39. The summed E-state index contributed by atoms with van der Waals surface area (Å²) >= 11 is 6.16. The van der Waals surface area contributed by atoms with Crippen molar-refractivity contribution < 1.29 is 32.5 Å². The third-order valence-corrected chi connectivity index (χ3v) is 4.79. The first kappa shape index (κ1) is 20.1. The van der Waals surface area contributed by atoms with E-state index in [-0.39, 0.29) is 11.6 Å². The molecule has 2 N–H and O–H groups in total. The summed E-state index contributed by atoms with van der Waals surface area (Å²) in [5, 5.41) is 11.9. The fourth-order valence-corrected chi connectivity index (χ4v) is 3.38. The van der Waals surface area contributed by atoms with E-state index in [1.54, 1.807) is 18.2 Å². The molecule has 1 heterocycles. The monoisotopic (exact) mass is 415 g/mol. The normalized spacial score (nSPS) is 18.0. The van der Waals surface area contributed by atoms with Crippen molar-refractivity contribution in [2.45, 2.75) is 26.3 Å². The first-order valence-corrected chi connectivity index (χ1v) is 8.66. The summed E-state index contributed by atoms with van der Waals surface area (Å²) in [5.74, 6) is 0.0471. The van der Waals surface area contributed by atoms with Gasteiger partial charge in [0.2, 0.25) is 0 Å². The molecule has 0 radical (unpaired) electrons. The van der Waals surface area contributed by atoms with E-state index in [4.69, 9.17) is 21.4 Å². The molecule has 150 valence electrons. The SMILES string of the molecule is CC1(C)COc2cc(-c3cc(OC(F)(F)F)ccc3Cl)ccc2C1NC(=O)O. The highest BCUT2D eigenvalue weighted by Gasteiger charge is 2.38. The number of carboxylic acid groups (broad SMARTS) is 1. The van der Waals surface area contributed by atoms with Gasteiger partial charge in [-0.2, -0.15) is 0 Å². The third-order valence-electron chi connectivity index (χ3n) is 4.46. The molecule has 0 fully saturated rings. The van der Waals surface area contributed by atoms with Gasteiger partial charge in [-0.25, -0.2) is 4.79 Å². The highest BCUT2D eigenvalue weighted by molar-refractivity contribution is 6.33. The highest BCUT2D eigenvalue weighted by Crippen LogP contribution is 2.45. The Balaban J connectivity index is 2.01. The Kier molecular flexibility index (Phi) is 5.10. The molecule has 2 aromatic rings. The maximum absolute atomic E-state index is 12.5. The molecule has 1 atom stereocenters. The molecule has 3 rings (SSSR count). The van der Waals surface area contributed by atoms with E-state index in [2.05, 4.69) is 10.1 Å². The van der Waals surface area contributed by atoms with E-state index in [0.29, 0.717) is 22.4 Å². The van der Waals surface area contributed by atoms with Gasteiger partial charge in [0.25, 0.3) is 0 Å². The van der Waals surface area contributed by atoms with Gasteiger partial charge in [-0.05, 0) is 29.8 Å². The van der Waals surface area contributed by atoms with Gasteiger partial charge in [0, 0.05) is 21.6 Å². The molecule has 2 aromatic carbocycles. The maximum atomic E-state index is 12.5. The lowest BCUT2D eigenvalue weighted by atomic mass is 9.78. The second-order valence-electron chi connectivity index (χ2n) is 7.10. The average molecular weight is 416 g/mol. The van der Waals surface area contributed by atoms with Crippen molar-refractivity contribution in [2.24, 2.45) is 5.41 Å². The second-order valence-corrected chi connectivity index (χ2v) is 7.51. The number of hydrogen-bond donors (Lipinski definition) is 2. The quantitative estimate of drug-likeness (QED) is 0.681. The molecule has 1 aliphatic heterocycles. The minimum absolute atomic E-state index is 0.242. The molecule has 0 bridgehead atoms. The van der Waals surface area contributed by atoms with Crippen LogP contribution in [0.2, 0.25) is 5.02 Å². The Morgan fingerprint density at radius 3 is 2.64 bits per heavy atom. The van der Waals surface area contributed by atoms with Crippen molar-refractivity contribution in [3.05, 3.63) is 47.0 Å². The van der Waals surface area contributed by atoms with Crippen molar-refractivity contribution in [1.29, 1.82) is 0 Å². The van der Waals surface area contributed by atoms with Gasteiger partial charge in [-0.15, -0.1) is 13.2 Å². The van der Waals surface area contributed by atoms with Crippen molar-refractivity contribution in [1.82, 2.24) is 5.32 Å². The zero-order chi connectivity index (χ0) is 20.7. The van der Waals surface area contributed by atoms with Gasteiger partial charge in [0.1, 0.15) is 11.5 Å². The number of amides is 1. The van der Waals surface area contributed by atoms with Crippen LogP contribution < -0.4 is 14.8 Å². The topological polar surface area (TPSA) is 67.8 Å². The summed E-state index contributed by atoms with van der Waals surface area (Å²) in [6.07, 6.45) is -5.97. The van der Waals surface area contributed by atoms with Crippen LogP contribution in [-0.2, 0) is 0 Å². The largest absolute Gasteiger partial charge is 0.573 e. The summed E-state index contributed by atoms with van der Waals surface area (Å²) in [6.45, 7) is 4.01. The van der Waals surface area contributed by atoms with E-state index < -0.39 is 29.7 Å². The van der Waals surface area contributed by atoms with Crippen LogP contribution >= 0.6 is 11.6 Å². The van der Waals surface area contributed by atoms with E-state index >= 15 is 0 Å². The fraction of sp³-hybridized carbons (Fsp3) is 0.316. The molecule has 0 saturated carbocycles. The molecule has 1 unspecified atom stereocenters. The van der Waals surface area contributed by atoms with Gasteiger partial charge in [-0.1, -0.05) is 37.6 Å². The van der Waals surface area contributed by atoms with Crippen LogP contribution in [0.25, 0.3) is 11.1 Å². The van der Waals surface area contributed by atoms with Crippen molar-refractivity contribution in [3.63, 3.8) is 0 Å². The number of benzene rings is 2. The minimum atomic E-state index is -4.81. The molecule has 0 aliphatic carbocycles. The number of halogens is 4. The zero-order valence-corrected chi connectivity index (χ0v) is 15.7. The van der Waals surface area contributed by atoms with E-state index in [9.17, 15) is 18.0 Å². The summed E-state index contributed by atoms with van der Waals surface area (Å²) in [6, 6.07) is 8.09. The lowest BCUT2D eigenvalue weighted by Crippen LogP contribution is -2.43. The molecule has 28 heavy (non-hydrogen) atoms. The molecule has 0 spiro atoms. The Morgan fingerprint density at radius 2 is 2.00 bits per heavy atom. The van der Waals surface area contributed by atoms with E-state index in [1.807, 2.05) is 13.8 Å². The van der Waals surface area contributed by atoms with E-state index in [0.717, 1.165) is 6.07 Å². The van der Waals surface area contributed by atoms with E-state index in [1.165, 1.54) is 12.1 Å². The van der Waals surface area contributed by atoms with Crippen LogP contribution in [0.1, 0.15) is 25.5 Å². The predicted octanol–water partition coefficient (Wildman–Crippen LogP) is 5.63. The number of alkyl halides is 3. The lowest BCUT2D eigenvalue weighted by molar-refractivity contribution is -0.274. The molecule has 5 nitrogen and oxygen atoms in total. The Labute approximate surface area is 164 Å². The molecule has 0 saturated heterocycles. The number of nitrogens with one attached hydrogen (secondary N) is 1. The maximum Gasteiger partial charge on any atom is 0.573 e. The molecular formula is C19H17ClF3NO4. The van der Waals surface area contributed by atoms with Crippen LogP contribution in [0.15, 0.2) is 36.4 Å². The number of hydrogen-bond acceptors (Lipinski definition) is 3. The Bertz CT molecular complexity index is 915. The van der Waals surface area contributed by atoms with Crippen molar-refractivity contribution >= 4 is 17.7 Å². The van der Waals surface area contributed by atoms with Crippen LogP contribution in [-0.4, -0.2) is 24.2 Å². The number of fused-ring (bicyclic) bond motifs is 1. The number of ether oxygens (including phenoxy) is 2. The van der Waals surface area contributed by atoms with Gasteiger partial charge in [-0.3, -0.25) is 0 Å². The fourth-order valence-electron chi connectivity index (χ4n) is 3.15. The minimum Gasteiger partial charge on any atom is -0.493 e. The molecule has 1 amide bonds. The van der Waals surface area contributed by atoms with Gasteiger partial charge in [0.15, 0.2) is 0 Å². The highest BCUT2D eigenvalue weighted by atomic mass is 35.5. The van der Waals surface area contributed by atoms with Crippen LogP contribution in [0.5, 0.6) is 11.5 Å². The molecule has 0 aromatic heterocycles. The standard InChI is InChI=1S/C19H17ClF3NO4/c1-18(2)9-27-15-7-10(3-5-12(15)16(18)24-17(25)26)13-8-11(4-6-14(13)20)28-19(21,22)23/h3-8,16,24H,9H2,1-2H3,(H,25,26). The summed E-state index contributed by atoms with van der Waals surface area (Å²) in [5.41, 5.74) is 1.01. The third kappa shape index (κ3) is 4.27. The van der Waals surface area contributed by atoms with Crippen LogP contribution in [0.4, 0.5) is 18.0 Å². The first-order chi connectivity index (χ1) is 13.0. The van der Waals surface area contributed by atoms with Gasteiger partial charge in [0.05, 0.1) is 12.6 Å². The average Bonchev–Trinajstić information content (AvgIpc) is 2.57. The second kappa shape index (κ2) is 7.09. The Hall–Kier alpha value is -2.61. The van der Waals surface area contributed by atoms with Gasteiger partial charge < -0.3 is 19.9 Å². The summed E-state index contributed by atoms with van der Waals surface area (Å²) in [7, 11) is 0. The zero-order valence-electron chi connectivity index (χ0n) is 14.9. The van der Waals surface area contributed by atoms with Crippen molar-refractivity contribution in [2.75, 3.05) is 6.61 Å². The number of rotatable bonds is 3. The summed E-state index contributed by atoms with van der Waals surface area (Å²) < 4.78 is 47.2. The summed E-state index contributed by atoms with van der Waals surface area (Å²) in [4.78, 5) is 11.2. The van der Waals surface area contributed by atoms with Crippen LogP contribution in [0.3, 0.4) is 0 Å². The smallest absolute Gasteiger partial charge is 0.493 e. The van der Waals surface area contributed by atoms with Crippen molar-refractivity contribution in [3.8, 4) is 22.6 Å². The Morgan fingerprint density at radius 1 is 1.29 bits per heavy atom.